The van der Waals surface area contributed by atoms with Gasteiger partial charge in [0.25, 0.3) is 5.91 Å². The third-order valence-corrected chi connectivity index (χ3v) is 5.33. The predicted molar refractivity (Wildman–Crippen MR) is 114 cm³/mol. The van der Waals surface area contributed by atoms with Gasteiger partial charge in [-0.15, -0.1) is 11.3 Å². The van der Waals surface area contributed by atoms with E-state index in [0.717, 1.165) is 16.6 Å². The molecule has 6 nitrogen and oxygen atoms in total. The highest BCUT2D eigenvalue weighted by molar-refractivity contribution is 7.13. The molecule has 0 radical (unpaired) electrons. The topological polar surface area (TPSA) is 76.0 Å². The summed E-state index contributed by atoms with van der Waals surface area (Å²) in [5, 5.41) is 10.9. The van der Waals surface area contributed by atoms with E-state index in [-0.39, 0.29) is 5.56 Å². The van der Waals surface area contributed by atoms with Gasteiger partial charge in [-0.3, -0.25) is 9.59 Å². The SMILES string of the molecule is O=C(CNC(=O)c1cn(-c2ccccc2)nc1-c1cccs1)Nc1ccc(F)c(F)c1F. The van der Waals surface area contributed by atoms with Crippen LogP contribution in [-0.2, 0) is 4.79 Å². The van der Waals surface area contributed by atoms with Crippen LogP contribution in [0.15, 0.2) is 66.2 Å². The minimum absolute atomic E-state index is 0.239. The van der Waals surface area contributed by atoms with Crippen molar-refractivity contribution in [2.45, 2.75) is 0 Å². The fourth-order valence-electron chi connectivity index (χ4n) is 2.92. The first-order chi connectivity index (χ1) is 15.4. The Morgan fingerprint density at radius 3 is 2.47 bits per heavy atom. The number of aromatic nitrogens is 2. The van der Waals surface area contributed by atoms with Crippen LogP contribution < -0.4 is 10.6 Å². The highest BCUT2D eigenvalue weighted by Crippen LogP contribution is 2.27. The molecule has 0 saturated heterocycles. The zero-order chi connectivity index (χ0) is 22.7. The first-order valence-electron chi connectivity index (χ1n) is 9.34. The van der Waals surface area contributed by atoms with Crippen molar-refractivity contribution in [2.24, 2.45) is 0 Å². The van der Waals surface area contributed by atoms with Crippen molar-refractivity contribution >= 4 is 28.8 Å². The Balaban J connectivity index is 1.51. The van der Waals surface area contributed by atoms with Crippen molar-refractivity contribution in [2.75, 3.05) is 11.9 Å². The second-order valence-corrected chi connectivity index (χ2v) is 7.55. The normalized spacial score (nSPS) is 10.7. The zero-order valence-corrected chi connectivity index (χ0v) is 17.1. The van der Waals surface area contributed by atoms with Crippen molar-refractivity contribution in [3.63, 3.8) is 0 Å². The van der Waals surface area contributed by atoms with Gasteiger partial charge in [0.15, 0.2) is 17.5 Å². The minimum Gasteiger partial charge on any atom is -0.343 e. The van der Waals surface area contributed by atoms with Gasteiger partial charge in [0.05, 0.1) is 28.4 Å². The lowest BCUT2D eigenvalue weighted by molar-refractivity contribution is -0.115. The lowest BCUT2D eigenvalue weighted by Gasteiger charge is -2.08. The molecule has 10 heteroatoms. The number of thiophene rings is 1. The molecule has 2 N–H and O–H groups in total. The van der Waals surface area contributed by atoms with Crippen LogP contribution in [-0.4, -0.2) is 28.1 Å². The Kier molecular flexibility index (Phi) is 6.04. The number of anilines is 1. The molecule has 4 rings (SSSR count). The monoisotopic (exact) mass is 456 g/mol. The molecule has 0 aliphatic carbocycles. The molecule has 0 fully saturated rings. The molecule has 0 bridgehead atoms. The summed E-state index contributed by atoms with van der Waals surface area (Å²) in [6, 6.07) is 14.4. The average molecular weight is 456 g/mol. The van der Waals surface area contributed by atoms with Crippen LogP contribution >= 0.6 is 11.3 Å². The summed E-state index contributed by atoms with van der Waals surface area (Å²) in [7, 11) is 0. The second kappa shape index (κ2) is 9.06. The zero-order valence-electron chi connectivity index (χ0n) is 16.3. The summed E-state index contributed by atoms with van der Waals surface area (Å²) in [6.07, 6.45) is 1.55. The van der Waals surface area contributed by atoms with Gasteiger partial charge < -0.3 is 10.6 Å². The van der Waals surface area contributed by atoms with E-state index in [4.69, 9.17) is 0 Å². The van der Waals surface area contributed by atoms with E-state index >= 15 is 0 Å². The molecule has 2 amide bonds. The molecule has 0 aliphatic rings. The summed E-state index contributed by atoms with van der Waals surface area (Å²) in [5.74, 6) is -5.97. The first kappa shape index (κ1) is 21.3. The number of amides is 2. The molecular formula is C22H15F3N4O2S. The molecule has 0 aliphatic heterocycles. The molecule has 2 heterocycles. The lowest BCUT2D eigenvalue weighted by atomic mass is 10.2. The third kappa shape index (κ3) is 4.40. The Labute approximate surface area is 184 Å². The highest BCUT2D eigenvalue weighted by Gasteiger charge is 2.21. The van der Waals surface area contributed by atoms with Gasteiger partial charge >= 0.3 is 0 Å². The van der Waals surface area contributed by atoms with Gasteiger partial charge in [-0.05, 0) is 35.7 Å². The first-order valence-corrected chi connectivity index (χ1v) is 10.2. The number of carbonyl (C=O) groups excluding carboxylic acids is 2. The largest absolute Gasteiger partial charge is 0.343 e. The van der Waals surface area contributed by atoms with E-state index in [9.17, 15) is 22.8 Å². The molecule has 4 aromatic rings. The minimum atomic E-state index is -1.69. The van der Waals surface area contributed by atoms with E-state index in [1.54, 1.807) is 10.9 Å². The van der Waals surface area contributed by atoms with Crippen LogP contribution in [0.25, 0.3) is 16.3 Å². The van der Waals surface area contributed by atoms with Gasteiger partial charge in [-0.2, -0.15) is 5.10 Å². The number of hydrogen-bond donors (Lipinski definition) is 2. The third-order valence-electron chi connectivity index (χ3n) is 4.45. The number of rotatable bonds is 6. The fourth-order valence-corrected chi connectivity index (χ4v) is 3.64. The van der Waals surface area contributed by atoms with Crippen molar-refractivity contribution < 1.29 is 22.8 Å². The molecule has 0 saturated carbocycles. The second-order valence-electron chi connectivity index (χ2n) is 6.60. The van der Waals surface area contributed by atoms with E-state index in [2.05, 4.69) is 15.7 Å². The maximum atomic E-state index is 13.7. The average Bonchev–Trinajstić information content (AvgIpc) is 3.48. The van der Waals surface area contributed by atoms with E-state index < -0.39 is 41.5 Å². The van der Waals surface area contributed by atoms with E-state index in [1.807, 2.05) is 47.8 Å². The molecule has 2 aromatic heterocycles. The number of para-hydroxylation sites is 1. The Morgan fingerprint density at radius 2 is 1.75 bits per heavy atom. The van der Waals surface area contributed by atoms with Crippen LogP contribution in [0.3, 0.4) is 0 Å². The number of nitrogens with one attached hydrogen (secondary N) is 2. The number of nitrogens with zero attached hydrogens (tertiary/aromatic N) is 2. The number of carbonyl (C=O) groups is 2. The van der Waals surface area contributed by atoms with Crippen LogP contribution in [0.4, 0.5) is 18.9 Å². The molecule has 0 unspecified atom stereocenters. The van der Waals surface area contributed by atoms with Crippen molar-refractivity contribution in [1.29, 1.82) is 0 Å². The Bertz CT molecular complexity index is 1270. The fraction of sp³-hybridized carbons (Fsp3) is 0.0455. The standard InChI is InChI=1S/C22H15F3N4O2S/c23-15-8-9-16(20(25)19(15)24)27-18(30)11-26-22(31)14-12-29(13-5-2-1-3-6-13)28-21(14)17-7-4-10-32-17/h1-10,12H,11H2,(H,26,31)(H,27,30). The maximum Gasteiger partial charge on any atom is 0.255 e. The molecule has 32 heavy (non-hydrogen) atoms. The molecule has 162 valence electrons. The summed E-state index contributed by atoms with van der Waals surface area (Å²) < 4.78 is 41.6. The molecule has 2 aromatic carbocycles. The Morgan fingerprint density at radius 1 is 0.969 bits per heavy atom. The van der Waals surface area contributed by atoms with E-state index in [1.165, 1.54) is 11.3 Å². The van der Waals surface area contributed by atoms with Gasteiger partial charge in [0.1, 0.15) is 5.69 Å². The summed E-state index contributed by atoms with van der Waals surface area (Å²) in [4.78, 5) is 25.7. The maximum absolute atomic E-state index is 13.7. The Hall–Kier alpha value is -3.92. The lowest BCUT2D eigenvalue weighted by Crippen LogP contribution is -2.33. The van der Waals surface area contributed by atoms with Crippen molar-refractivity contribution in [1.82, 2.24) is 15.1 Å². The summed E-state index contributed by atoms with van der Waals surface area (Å²) >= 11 is 1.40. The van der Waals surface area contributed by atoms with Gasteiger partial charge in [-0.25, -0.2) is 17.9 Å². The molecule has 0 atom stereocenters. The smallest absolute Gasteiger partial charge is 0.255 e. The van der Waals surface area contributed by atoms with Crippen LogP contribution in [0.2, 0.25) is 0 Å². The van der Waals surface area contributed by atoms with Gasteiger partial charge in [-0.1, -0.05) is 24.3 Å². The quantitative estimate of drug-likeness (QED) is 0.423. The summed E-state index contributed by atoms with van der Waals surface area (Å²) in [5.41, 5.74) is 0.895. The predicted octanol–water partition coefficient (Wildman–Crippen LogP) is 4.39. The molecular weight excluding hydrogens is 441 g/mol. The van der Waals surface area contributed by atoms with Crippen molar-refractivity contribution in [3.05, 3.63) is 89.2 Å². The van der Waals surface area contributed by atoms with Crippen LogP contribution in [0, 0.1) is 17.5 Å². The summed E-state index contributed by atoms with van der Waals surface area (Å²) in [6.45, 7) is -0.516. The number of halogens is 3. The van der Waals surface area contributed by atoms with Crippen LogP contribution in [0.1, 0.15) is 10.4 Å². The van der Waals surface area contributed by atoms with Crippen LogP contribution in [0.5, 0.6) is 0 Å². The number of hydrogen-bond acceptors (Lipinski definition) is 4. The highest BCUT2D eigenvalue weighted by atomic mass is 32.1. The number of benzene rings is 2. The van der Waals surface area contributed by atoms with Crippen molar-refractivity contribution in [3.8, 4) is 16.3 Å². The van der Waals surface area contributed by atoms with Gasteiger partial charge in [0.2, 0.25) is 5.91 Å². The van der Waals surface area contributed by atoms with Gasteiger partial charge in [0, 0.05) is 6.20 Å². The molecule has 0 spiro atoms. The van der Waals surface area contributed by atoms with E-state index in [0.29, 0.717) is 11.8 Å².